The van der Waals surface area contributed by atoms with E-state index in [-0.39, 0.29) is 16.4 Å². The third-order valence-electron chi connectivity index (χ3n) is 6.52. The van der Waals surface area contributed by atoms with E-state index in [0.717, 1.165) is 31.9 Å². The second-order valence-electron chi connectivity index (χ2n) is 8.98. The van der Waals surface area contributed by atoms with Crippen molar-refractivity contribution in [1.82, 2.24) is 10.2 Å². The second-order valence-corrected chi connectivity index (χ2v) is 9.39. The quantitative estimate of drug-likeness (QED) is 0.241. The zero-order valence-corrected chi connectivity index (χ0v) is 22.1. The van der Waals surface area contributed by atoms with Crippen molar-refractivity contribution in [3.63, 3.8) is 0 Å². The maximum absolute atomic E-state index is 13.0. The van der Waals surface area contributed by atoms with Crippen molar-refractivity contribution in [2.45, 2.75) is 0 Å². The predicted octanol–water partition coefficient (Wildman–Crippen LogP) is 2.10. The van der Waals surface area contributed by atoms with Crippen LogP contribution in [0.3, 0.4) is 0 Å². The van der Waals surface area contributed by atoms with Crippen LogP contribution in [0.15, 0.2) is 36.4 Å². The fourth-order valence-electron chi connectivity index (χ4n) is 4.42. The van der Waals surface area contributed by atoms with Crippen LogP contribution in [-0.4, -0.2) is 93.5 Å². The maximum atomic E-state index is 13.0. The molecule has 2 saturated heterocycles. The van der Waals surface area contributed by atoms with Crippen molar-refractivity contribution >= 4 is 52.0 Å². The number of hydrogen-bond acceptors (Lipinski definition) is 10. The predicted molar refractivity (Wildman–Crippen MR) is 147 cm³/mol. The number of amides is 1. The molecule has 38 heavy (non-hydrogen) atoms. The molecular weight excluding hydrogens is 512 g/mol. The first kappa shape index (κ1) is 27.2. The molecule has 0 spiro atoms. The summed E-state index contributed by atoms with van der Waals surface area (Å²) in [5.74, 6) is -1.09. The highest BCUT2D eigenvalue weighted by atomic mass is 32.1. The normalized spacial score (nSPS) is 16.1. The van der Waals surface area contributed by atoms with Crippen LogP contribution in [0.5, 0.6) is 0 Å². The summed E-state index contributed by atoms with van der Waals surface area (Å²) in [5, 5.41) is 17.4. The van der Waals surface area contributed by atoms with Crippen molar-refractivity contribution in [1.29, 1.82) is 0 Å². The van der Waals surface area contributed by atoms with E-state index in [9.17, 15) is 19.7 Å². The number of carbonyl (C=O) groups excluding carboxylic acids is 2. The Morgan fingerprint density at radius 3 is 2.26 bits per heavy atom. The summed E-state index contributed by atoms with van der Waals surface area (Å²) in [5.41, 5.74) is 2.06. The van der Waals surface area contributed by atoms with E-state index in [0.29, 0.717) is 43.2 Å². The Balaban J connectivity index is 1.52. The number of nitro benzene ring substituents is 1. The number of nitro groups is 1. The minimum Gasteiger partial charge on any atom is -0.465 e. The first-order valence-corrected chi connectivity index (χ1v) is 12.6. The number of morpholine rings is 1. The van der Waals surface area contributed by atoms with E-state index in [1.54, 1.807) is 18.2 Å². The molecule has 2 aromatic carbocycles. The summed E-state index contributed by atoms with van der Waals surface area (Å²) in [6.45, 7) is 5.32. The monoisotopic (exact) mass is 542 g/mol. The number of rotatable bonds is 6. The molecular formula is C25H30N6O6S. The van der Waals surface area contributed by atoms with Gasteiger partial charge < -0.3 is 29.5 Å². The Morgan fingerprint density at radius 1 is 0.974 bits per heavy atom. The highest BCUT2D eigenvalue weighted by Gasteiger charge is 2.24. The Morgan fingerprint density at radius 2 is 1.61 bits per heavy atom. The summed E-state index contributed by atoms with van der Waals surface area (Å²) in [6, 6.07) is 9.47. The van der Waals surface area contributed by atoms with E-state index in [4.69, 9.17) is 21.7 Å². The van der Waals surface area contributed by atoms with Crippen molar-refractivity contribution in [3.05, 3.63) is 57.6 Å². The van der Waals surface area contributed by atoms with Gasteiger partial charge in [-0.3, -0.25) is 20.2 Å². The third kappa shape index (κ3) is 6.36. The lowest BCUT2D eigenvalue weighted by atomic mass is 10.1. The van der Waals surface area contributed by atoms with E-state index >= 15 is 0 Å². The van der Waals surface area contributed by atoms with E-state index in [1.165, 1.54) is 19.2 Å². The molecule has 0 unspecified atom stereocenters. The Kier molecular flexibility index (Phi) is 8.71. The lowest BCUT2D eigenvalue weighted by Crippen LogP contribution is -2.45. The number of anilines is 3. The SMILES string of the molecule is COC(=O)c1ccc(N2CCN(C)CC2)c(NC(=S)NC(=O)c2ccc(N3CCOCC3)c([N+](=O)[O-])c2)c1. The van der Waals surface area contributed by atoms with Gasteiger partial charge in [0.05, 0.1) is 42.2 Å². The minimum absolute atomic E-state index is 0.00713. The molecule has 0 saturated carbocycles. The summed E-state index contributed by atoms with van der Waals surface area (Å²) in [4.78, 5) is 42.6. The average molecular weight is 543 g/mol. The molecule has 0 bridgehead atoms. The zero-order valence-electron chi connectivity index (χ0n) is 21.3. The van der Waals surface area contributed by atoms with Crippen LogP contribution in [-0.2, 0) is 9.47 Å². The molecule has 0 aliphatic carbocycles. The molecule has 13 heteroatoms. The van der Waals surface area contributed by atoms with Gasteiger partial charge in [-0.15, -0.1) is 0 Å². The largest absolute Gasteiger partial charge is 0.465 e. The van der Waals surface area contributed by atoms with Crippen LogP contribution in [0.25, 0.3) is 0 Å². The maximum Gasteiger partial charge on any atom is 0.337 e. The Bertz CT molecular complexity index is 1230. The van der Waals surface area contributed by atoms with Gasteiger partial charge in [-0.25, -0.2) is 4.79 Å². The van der Waals surface area contributed by atoms with Crippen molar-refractivity contribution in [2.75, 3.05) is 81.8 Å². The van der Waals surface area contributed by atoms with Crippen molar-refractivity contribution < 1.29 is 24.0 Å². The number of thiocarbonyl (C=S) groups is 1. The summed E-state index contributed by atoms with van der Waals surface area (Å²) < 4.78 is 10.2. The lowest BCUT2D eigenvalue weighted by molar-refractivity contribution is -0.384. The van der Waals surface area contributed by atoms with Gasteiger partial charge in [0.15, 0.2) is 5.11 Å². The minimum atomic E-state index is -0.593. The summed E-state index contributed by atoms with van der Waals surface area (Å²) in [7, 11) is 3.36. The standard InChI is InChI=1S/C25H30N6O6S/c1-28-7-9-29(10-8-28)20-5-4-18(24(33)36-2)15-19(20)26-25(38)27-23(32)17-3-6-21(22(16-17)31(34)35)30-11-13-37-14-12-30/h3-6,15-16H,7-14H2,1-2H3,(H2,26,27,32,38). The van der Waals surface area contributed by atoms with Crippen LogP contribution in [0.2, 0.25) is 0 Å². The van der Waals surface area contributed by atoms with Gasteiger partial charge >= 0.3 is 5.97 Å². The van der Waals surface area contributed by atoms with Gasteiger partial charge in [0.1, 0.15) is 5.69 Å². The molecule has 2 aliphatic rings. The summed E-state index contributed by atoms with van der Waals surface area (Å²) in [6.07, 6.45) is 0. The molecule has 1 amide bonds. The Labute approximate surface area is 225 Å². The fourth-order valence-corrected chi connectivity index (χ4v) is 4.62. The molecule has 2 fully saturated rings. The summed E-state index contributed by atoms with van der Waals surface area (Å²) >= 11 is 5.40. The van der Waals surface area contributed by atoms with Gasteiger partial charge in [0.25, 0.3) is 11.6 Å². The number of likely N-dealkylation sites (N-methyl/N-ethyl adjacent to an activating group) is 1. The number of nitrogens with one attached hydrogen (secondary N) is 2. The van der Waals surface area contributed by atoms with Gasteiger partial charge in [0, 0.05) is 50.9 Å². The van der Waals surface area contributed by atoms with Crippen LogP contribution in [0.4, 0.5) is 22.7 Å². The van der Waals surface area contributed by atoms with Crippen LogP contribution in [0, 0.1) is 10.1 Å². The molecule has 2 aliphatic heterocycles. The van der Waals surface area contributed by atoms with Crippen LogP contribution in [0.1, 0.15) is 20.7 Å². The van der Waals surface area contributed by atoms with Gasteiger partial charge in [-0.2, -0.15) is 0 Å². The smallest absolute Gasteiger partial charge is 0.337 e. The third-order valence-corrected chi connectivity index (χ3v) is 6.73. The molecule has 0 radical (unpaired) electrons. The number of carbonyl (C=O) groups is 2. The average Bonchev–Trinajstić information content (AvgIpc) is 2.93. The van der Waals surface area contributed by atoms with Crippen LogP contribution < -0.4 is 20.4 Å². The Hall–Kier alpha value is -3.81. The van der Waals surface area contributed by atoms with Crippen molar-refractivity contribution in [3.8, 4) is 0 Å². The molecule has 0 aromatic heterocycles. The molecule has 4 rings (SSSR count). The lowest BCUT2D eigenvalue weighted by Gasteiger charge is -2.35. The molecule has 2 N–H and O–H groups in total. The number of ether oxygens (including phenoxy) is 2. The second kappa shape index (κ2) is 12.2. The van der Waals surface area contributed by atoms with Gasteiger partial charge in [-0.05, 0) is 49.6 Å². The highest BCUT2D eigenvalue weighted by Crippen LogP contribution is 2.31. The molecule has 202 valence electrons. The number of methoxy groups -OCH3 is 1. The topological polar surface area (TPSA) is 130 Å². The molecule has 2 heterocycles. The van der Waals surface area contributed by atoms with E-state index in [2.05, 4.69) is 27.5 Å². The number of hydrogen-bond donors (Lipinski definition) is 2. The highest BCUT2D eigenvalue weighted by molar-refractivity contribution is 7.80. The van der Waals surface area contributed by atoms with Gasteiger partial charge in [0.2, 0.25) is 0 Å². The number of benzene rings is 2. The molecule has 2 aromatic rings. The van der Waals surface area contributed by atoms with Gasteiger partial charge in [-0.1, -0.05) is 0 Å². The number of nitrogens with zero attached hydrogens (tertiary/aromatic N) is 4. The van der Waals surface area contributed by atoms with E-state index in [1.807, 2.05) is 11.0 Å². The van der Waals surface area contributed by atoms with E-state index < -0.39 is 16.8 Å². The zero-order chi connectivity index (χ0) is 27.2. The number of piperazine rings is 1. The molecule has 0 atom stereocenters. The first-order valence-electron chi connectivity index (χ1n) is 12.2. The number of esters is 1. The molecule has 12 nitrogen and oxygen atoms in total. The van der Waals surface area contributed by atoms with Crippen molar-refractivity contribution in [2.24, 2.45) is 0 Å². The fraction of sp³-hybridized carbons (Fsp3) is 0.400. The first-order chi connectivity index (χ1) is 18.3. The van der Waals surface area contributed by atoms with Crippen LogP contribution >= 0.6 is 12.2 Å².